The zero-order chi connectivity index (χ0) is 32.8. The first kappa shape index (κ1) is 33.7. The molecule has 12 heteroatoms. The first-order chi connectivity index (χ1) is 22.0. The van der Waals surface area contributed by atoms with Crippen LogP contribution in [-0.4, -0.2) is 55.7 Å². The van der Waals surface area contributed by atoms with E-state index in [4.69, 9.17) is 14.5 Å². The summed E-state index contributed by atoms with van der Waals surface area (Å²) in [4.78, 5) is 23.2. The average Bonchev–Trinajstić information content (AvgIpc) is 3.45. The Labute approximate surface area is 274 Å². The number of aromatic nitrogens is 1. The fraction of sp³-hybridized carbons (Fsp3) is 0.353. The van der Waals surface area contributed by atoms with Crippen LogP contribution < -0.4 is 9.64 Å². The molecular weight excluding hydrogens is 639 g/mol. The van der Waals surface area contributed by atoms with Gasteiger partial charge in [-0.05, 0) is 66.1 Å². The fourth-order valence-corrected chi connectivity index (χ4v) is 7.24. The minimum Gasteiger partial charge on any atom is -0.482 e. The molecule has 0 atom stereocenters. The Bertz CT molecular complexity index is 1620. The van der Waals surface area contributed by atoms with E-state index in [-0.39, 0.29) is 18.3 Å². The molecule has 1 aliphatic heterocycles. The van der Waals surface area contributed by atoms with Gasteiger partial charge in [-0.2, -0.15) is 13.2 Å². The molecule has 2 heterocycles. The minimum absolute atomic E-state index is 0.159. The van der Waals surface area contributed by atoms with Crippen molar-refractivity contribution < 1.29 is 31.8 Å². The number of carbonyl (C=O) groups is 1. The van der Waals surface area contributed by atoms with Gasteiger partial charge >= 0.3 is 12.1 Å². The van der Waals surface area contributed by atoms with Crippen molar-refractivity contribution in [2.45, 2.75) is 43.1 Å². The Morgan fingerprint density at radius 1 is 1.00 bits per heavy atom. The number of nitrogens with zero attached hydrogens (tertiary/aromatic N) is 3. The highest BCUT2D eigenvalue weighted by Gasteiger charge is 2.30. The number of hydrogen-bond donors (Lipinski definition) is 0. The molecule has 0 spiro atoms. The van der Waals surface area contributed by atoms with Crippen LogP contribution in [0, 0.1) is 5.82 Å². The summed E-state index contributed by atoms with van der Waals surface area (Å²) in [6.45, 7) is 7.72. The van der Waals surface area contributed by atoms with E-state index in [1.165, 1.54) is 42.7 Å². The highest BCUT2D eigenvalue weighted by molar-refractivity contribution is 7.98. The minimum atomic E-state index is -4.40. The molecule has 0 N–H and O–H groups in total. The Balaban J connectivity index is 1.33. The first-order valence-corrected chi connectivity index (χ1v) is 16.7. The molecule has 3 aromatic carbocycles. The smallest absolute Gasteiger partial charge is 0.416 e. The number of rotatable bonds is 11. The quantitative estimate of drug-likeness (QED) is 0.0903. The Morgan fingerprint density at radius 3 is 2.33 bits per heavy atom. The third-order valence-electron chi connectivity index (χ3n) is 7.72. The molecule has 5 rings (SSSR count). The van der Waals surface area contributed by atoms with Crippen LogP contribution in [0.15, 0.2) is 71.6 Å². The first-order valence-electron chi connectivity index (χ1n) is 14.9. The van der Waals surface area contributed by atoms with Gasteiger partial charge in [0, 0.05) is 59.5 Å². The van der Waals surface area contributed by atoms with E-state index in [0.29, 0.717) is 28.6 Å². The van der Waals surface area contributed by atoms with Crippen LogP contribution in [0.1, 0.15) is 41.5 Å². The summed E-state index contributed by atoms with van der Waals surface area (Å²) in [5, 5.41) is 0.679. The summed E-state index contributed by atoms with van der Waals surface area (Å²) in [5.41, 5.74) is 2.82. The average molecular weight is 674 g/mol. The maximum Gasteiger partial charge on any atom is 0.416 e. The predicted octanol–water partition coefficient (Wildman–Crippen LogP) is 8.26. The number of piperazine rings is 1. The standard InChI is InChI=1S/C34H35F4N3O3S2/c1-22(2)28-18-27(12-13-30(28)44-20-32(42)43-3)45-21-31-29(39-33(46-31)23-4-6-24(7-5-23)34(36,37)38)19-40-14-16-41(17-15-40)26-10-8-25(35)9-11-26/h4-13,18,22H,14-17,19-21H2,1-3H3. The molecule has 46 heavy (non-hydrogen) atoms. The molecule has 0 aliphatic carbocycles. The van der Waals surface area contributed by atoms with Gasteiger partial charge in [0.05, 0.1) is 18.4 Å². The van der Waals surface area contributed by atoms with Crippen LogP contribution in [0.25, 0.3) is 10.6 Å². The van der Waals surface area contributed by atoms with Crippen molar-refractivity contribution in [2.75, 3.05) is 44.8 Å². The molecule has 0 unspecified atom stereocenters. The lowest BCUT2D eigenvalue weighted by Crippen LogP contribution is -2.46. The number of hydrogen-bond acceptors (Lipinski definition) is 8. The predicted molar refractivity (Wildman–Crippen MR) is 174 cm³/mol. The van der Waals surface area contributed by atoms with Crippen LogP contribution in [0.4, 0.5) is 23.2 Å². The van der Waals surface area contributed by atoms with Crippen molar-refractivity contribution in [3.8, 4) is 16.3 Å². The summed E-state index contributed by atoms with van der Waals surface area (Å²) in [7, 11) is 1.32. The Morgan fingerprint density at radius 2 is 1.70 bits per heavy atom. The van der Waals surface area contributed by atoms with Gasteiger partial charge in [-0.25, -0.2) is 14.2 Å². The van der Waals surface area contributed by atoms with Gasteiger partial charge < -0.3 is 14.4 Å². The number of halogens is 4. The summed E-state index contributed by atoms with van der Waals surface area (Å²) in [5.74, 6) is 0.706. The largest absolute Gasteiger partial charge is 0.482 e. The molecule has 1 saturated heterocycles. The number of alkyl halides is 3. The molecule has 244 valence electrons. The molecule has 1 fully saturated rings. The van der Waals surface area contributed by atoms with Crippen LogP contribution in [-0.2, 0) is 28.0 Å². The normalized spacial score (nSPS) is 14.1. The second kappa shape index (κ2) is 14.9. The highest BCUT2D eigenvalue weighted by atomic mass is 32.2. The van der Waals surface area contributed by atoms with Crippen molar-refractivity contribution in [3.05, 3.63) is 94.2 Å². The van der Waals surface area contributed by atoms with E-state index < -0.39 is 17.7 Å². The van der Waals surface area contributed by atoms with Crippen molar-refractivity contribution in [1.29, 1.82) is 0 Å². The van der Waals surface area contributed by atoms with E-state index in [1.807, 2.05) is 12.1 Å². The number of carbonyl (C=O) groups excluding carboxylic acids is 1. The molecule has 0 radical (unpaired) electrons. The zero-order valence-electron chi connectivity index (χ0n) is 25.8. The third kappa shape index (κ3) is 8.59. The number of thioether (sulfide) groups is 1. The third-order valence-corrected chi connectivity index (χ3v) is 10.1. The summed E-state index contributed by atoms with van der Waals surface area (Å²) in [6.07, 6.45) is -4.40. The van der Waals surface area contributed by atoms with Gasteiger partial charge in [0.25, 0.3) is 0 Å². The molecule has 1 aromatic heterocycles. The molecule has 0 bridgehead atoms. The molecule has 4 aromatic rings. The second-order valence-electron chi connectivity index (χ2n) is 11.2. The maximum absolute atomic E-state index is 13.4. The second-order valence-corrected chi connectivity index (χ2v) is 13.3. The molecular formula is C34H35F4N3O3S2. The molecule has 1 aliphatic rings. The number of anilines is 1. The number of benzene rings is 3. The molecule has 0 amide bonds. The van der Waals surface area contributed by atoms with E-state index in [2.05, 4.69) is 29.7 Å². The van der Waals surface area contributed by atoms with Gasteiger partial charge in [0.1, 0.15) is 16.6 Å². The van der Waals surface area contributed by atoms with E-state index in [1.54, 1.807) is 23.9 Å². The summed E-state index contributed by atoms with van der Waals surface area (Å²) >= 11 is 3.15. The number of methoxy groups -OCH3 is 1. The van der Waals surface area contributed by atoms with Crippen LogP contribution in [0.5, 0.6) is 5.75 Å². The van der Waals surface area contributed by atoms with Crippen molar-refractivity contribution in [1.82, 2.24) is 9.88 Å². The van der Waals surface area contributed by atoms with Gasteiger partial charge in [0.2, 0.25) is 0 Å². The Hall–Kier alpha value is -3.61. The lowest BCUT2D eigenvalue weighted by molar-refractivity contribution is -0.143. The fourth-order valence-electron chi connectivity index (χ4n) is 5.12. The Kier molecular flexibility index (Phi) is 10.9. The summed E-state index contributed by atoms with van der Waals surface area (Å²) < 4.78 is 63.4. The monoisotopic (exact) mass is 673 g/mol. The van der Waals surface area contributed by atoms with Crippen molar-refractivity contribution in [2.24, 2.45) is 0 Å². The van der Waals surface area contributed by atoms with E-state index in [9.17, 15) is 22.4 Å². The topological polar surface area (TPSA) is 54.9 Å². The van der Waals surface area contributed by atoms with Gasteiger partial charge in [-0.3, -0.25) is 4.90 Å². The lowest BCUT2D eigenvalue weighted by Gasteiger charge is -2.36. The lowest BCUT2D eigenvalue weighted by atomic mass is 10.0. The van der Waals surface area contributed by atoms with Crippen LogP contribution in [0.3, 0.4) is 0 Å². The maximum atomic E-state index is 13.4. The number of ether oxygens (including phenoxy) is 2. The molecule has 0 saturated carbocycles. The zero-order valence-corrected chi connectivity index (χ0v) is 27.4. The van der Waals surface area contributed by atoms with E-state index in [0.717, 1.165) is 65.0 Å². The summed E-state index contributed by atoms with van der Waals surface area (Å²) in [6, 6.07) is 17.5. The number of thiazole rings is 1. The number of esters is 1. The van der Waals surface area contributed by atoms with E-state index >= 15 is 0 Å². The highest BCUT2D eigenvalue weighted by Crippen LogP contribution is 2.37. The van der Waals surface area contributed by atoms with Crippen molar-refractivity contribution >= 4 is 34.8 Å². The van der Waals surface area contributed by atoms with Gasteiger partial charge in [0.15, 0.2) is 6.61 Å². The van der Waals surface area contributed by atoms with Gasteiger partial charge in [-0.1, -0.05) is 26.0 Å². The van der Waals surface area contributed by atoms with Crippen LogP contribution in [0.2, 0.25) is 0 Å². The van der Waals surface area contributed by atoms with Gasteiger partial charge in [-0.15, -0.1) is 23.1 Å². The SMILES string of the molecule is COC(=O)COc1ccc(SCc2sc(-c3ccc(C(F)(F)F)cc3)nc2CN2CCN(c3ccc(F)cc3)CC2)cc1C(C)C. The van der Waals surface area contributed by atoms with Crippen LogP contribution >= 0.6 is 23.1 Å². The van der Waals surface area contributed by atoms with Crippen molar-refractivity contribution in [3.63, 3.8) is 0 Å². The molecule has 6 nitrogen and oxygen atoms in total.